The quantitative estimate of drug-likeness (QED) is 0.652. The van der Waals surface area contributed by atoms with Crippen LogP contribution in [0.5, 0.6) is 5.88 Å². The van der Waals surface area contributed by atoms with Crippen molar-refractivity contribution in [3.8, 4) is 5.88 Å². The third kappa shape index (κ3) is 4.87. The molecule has 2 heterocycles. The molecule has 0 unspecified atom stereocenters. The van der Waals surface area contributed by atoms with Crippen molar-refractivity contribution in [1.82, 2.24) is 14.9 Å². The highest BCUT2D eigenvalue weighted by molar-refractivity contribution is 5.77. The number of carbonyl (C=O) groups is 1. The molecule has 6 heteroatoms. The summed E-state index contributed by atoms with van der Waals surface area (Å²) in [5, 5.41) is 0. The average molecular weight is 383 g/mol. The van der Waals surface area contributed by atoms with Crippen molar-refractivity contribution in [2.75, 3.05) is 26.8 Å². The summed E-state index contributed by atoms with van der Waals surface area (Å²) in [6, 6.07) is 10.3. The summed E-state index contributed by atoms with van der Waals surface area (Å²) >= 11 is 0. The van der Waals surface area contributed by atoms with E-state index in [0.717, 1.165) is 44.5 Å². The Morgan fingerprint density at radius 1 is 1.14 bits per heavy atom. The van der Waals surface area contributed by atoms with Crippen LogP contribution < -0.4 is 4.74 Å². The summed E-state index contributed by atoms with van der Waals surface area (Å²) < 4.78 is 10.8. The van der Waals surface area contributed by atoms with Gasteiger partial charge in [0.15, 0.2) is 0 Å². The molecule has 1 fully saturated rings. The fourth-order valence-corrected chi connectivity index (χ4v) is 3.85. The summed E-state index contributed by atoms with van der Waals surface area (Å²) in [7, 11) is 1.61. The first-order valence-electron chi connectivity index (χ1n) is 9.94. The van der Waals surface area contributed by atoms with E-state index in [4.69, 9.17) is 9.47 Å². The van der Waals surface area contributed by atoms with Gasteiger partial charge in [0, 0.05) is 18.9 Å². The van der Waals surface area contributed by atoms with Crippen molar-refractivity contribution in [2.24, 2.45) is 5.41 Å². The number of aryl methyl sites for hydroxylation is 1. The van der Waals surface area contributed by atoms with Crippen LogP contribution in [-0.2, 0) is 22.5 Å². The van der Waals surface area contributed by atoms with Gasteiger partial charge in [-0.1, -0.05) is 30.3 Å². The van der Waals surface area contributed by atoms with Gasteiger partial charge in [-0.3, -0.25) is 14.7 Å². The molecule has 0 aliphatic carbocycles. The zero-order valence-corrected chi connectivity index (χ0v) is 16.8. The van der Waals surface area contributed by atoms with Crippen molar-refractivity contribution in [3.05, 3.63) is 54.0 Å². The standard InChI is InChI=1S/C22H29N3O3/c1-3-28-21(26)22(10-9-18-7-5-4-6-8-18)11-15-25(16-12-22)17-19-20(27-2)24-14-13-23-19/h4-8,13-14H,3,9-12,15-17H2,1-2H3. The van der Waals surface area contributed by atoms with Gasteiger partial charge in [-0.05, 0) is 51.3 Å². The van der Waals surface area contributed by atoms with Crippen LogP contribution in [0.25, 0.3) is 0 Å². The van der Waals surface area contributed by atoms with E-state index in [1.54, 1.807) is 19.5 Å². The van der Waals surface area contributed by atoms with Crippen molar-refractivity contribution < 1.29 is 14.3 Å². The van der Waals surface area contributed by atoms with Crippen LogP contribution in [0.1, 0.15) is 37.4 Å². The lowest BCUT2D eigenvalue weighted by Gasteiger charge is -2.40. The van der Waals surface area contributed by atoms with Crippen LogP contribution in [0.4, 0.5) is 0 Å². The summed E-state index contributed by atoms with van der Waals surface area (Å²) in [6.07, 6.45) is 6.61. The maximum atomic E-state index is 12.8. The SMILES string of the molecule is CCOC(=O)C1(CCc2ccccc2)CCN(Cc2nccnc2OC)CC1. The molecule has 1 saturated heterocycles. The molecule has 1 aromatic heterocycles. The Hall–Kier alpha value is -2.47. The van der Waals surface area contributed by atoms with E-state index in [1.165, 1.54) is 5.56 Å². The van der Waals surface area contributed by atoms with Crippen LogP contribution >= 0.6 is 0 Å². The van der Waals surface area contributed by atoms with Gasteiger partial charge in [-0.25, -0.2) is 4.98 Å². The molecular weight excluding hydrogens is 354 g/mol. The minimum Gasteiger partial charge on any atom is -0.480 e. The predicted octanol–water partition coefficient (Wildman–Crippen LogP) is 3.26. The number of aromatic nitrogens is 2. The highest BCUT2D eigenvalue weighted by Gasteiger charge is 2.42. The molecule has 0 atom stereocenters. The molecule has 0 saturated carbocycles. The van der Waals surface area contributed by atoms with Crippen LogP contribution in [0.15, 0.2) is 42.7 Å². The monoisotopic (exact) mass is 383 g/mol. The molecule has 0 bridgehead atoms. The van der Waals surface area contributed by atoms with Crippen LogP contribution in [0.3, 0.4) is 0 Å². The first-order valence-corrected chi connectivity index (χ1v) is 9.94. The van der Waals surface area contributed by atoms with Crippen LogP contribution in [-0.4, -0.2) is 47.6 Å². The molecule has 2 aromatic rings. The lowest BCUT2D eigenvalue weighted by Crippen LogP contribution is -2.45. The largest absolute Gasteiger partial charge is 0.480 e. The van der Waals surface area contributed by atoms with Crippen molar-refractivity contribution in [2.45, 2.75) is 39.2 Å². The second-order valence-electron chi connectivity index (χ2n) is 7.27. The molecule has 3 rings (SSSR count). The molecule has 0 amide bonds. The van der Waals surface area contributed by atoms with Gasteiger partial charge in [-0.2, -0.15) is 0 Å². The maximum absolute atomic E-state index is 12.8. The van der Waals surface area contributed by atoms with Gasteiger partial charge >= 0.3 is 5.97 Å². The molecular formula is C22H29N3O3. The topological polar surface area (TPSA) is 64.5 Å². The third-order valence-electron chi connectivity index (χ3n) is 5.56. The number of hydrogen-bond acceptors (Lipinski definition) is 6. The van der Waals surface area contributed by atoms with Crippen molar-refractivity contribution >= 4 is 5.97 Å². The molecule has 0 spiro atoms. The zero-order chi connectivity index (χ0) is 19.8. The fourth-order valence-electron chi connectivity index (χ4n) is 3.85. The van der Waals surface area contributed by atoms with Crippen molar-refractivity contribution in [1.29, 1.82) is 0 Å². The number of carbonyl (C=O) groups excluding carboxylic acids is 1. The van der Waals surface area contributed by atoms with Gasteiger partial charge in [0.05, 0.1) is 19.1 Å². The molecule has 1 aromatic carbocycles. The lowest BCUT2D eigenvalue weighted by molar-refractivity contribution is -0.159. The Kier molecular flexibility index (Phi) is 6.98. The number of methoxy groups -OCH3 is 1. The fraction of sp³-hybridized carbons (Fsp3) is 0.500. The minimum absolute atomic E-state index is 0.0531. The Morgan fingerprint density at radius 2 is 1.86 bits per heavy atom. The first-order chi connectivity index (χ1) is 13.7. The number of nitrogens with zero attached hydrogens (tertiary/aromatic N) is 3. The van der Waals surface area contributed by atoms with Gasteiger partial charge in [0.2, 0.25) is 5.88 Å². The minimum atomic E-state index is -0.408. The average Bonchev–Trinajstić information content (AvgIpc) is 2.75. The normalized spacial score (nSPS) is 16.5. The summed E-state index contributed by atoms with van der Waals surface area (Å²) in [5.74, 6) is 0.511. The summed E-state index contributed by atoms with van der Waals surface area (Å²) in [4.78, 5) is 23.8. The van der Waals surface area contributed by atoms with E-state index >= 15 is 0 Å². The molecule has 6 nitrogen and oxygen atoms in total. The molecule has 1 aliphatic heterocycles. The van der Waals surface area contributed by atoms with E-state index in [-0.39, 0.29) is 5.97 Å². The molecule has 0 radical (unpaired) electrons. The van der Waals surface area contributed by atoms with Crippen LogP contribution in [0.2, 0.25) is 0 Å². The Bertz CT molecular complexity index is 759. The lowest BCUT2D eigenvalue weighted by atomic mass is 9.74. The van der Waals surface area contributed by atoms with E-state index in [0.29, 0.717) is 19.0 Å². The second-order valence-corrected chi connectivity index (χ2v) is 7.27. The van der Waals surface area contributed by atoms with Gasteiger partial charge in [-0.15, -0.1) is 0 Å². The van der Waals surface area contributed by atoms with E-state index < -0.39 is 5.41 Å². The predicted molar refractivity (Wildman–Crippen MR) is 107 cm³/mol. The number of rotatable bonds is 8. The molecule has 150 valence electrons. The molecule has 28 heavy (non-hydrogen) atoms. The van der Waals surface area contributed by atoms with E-state index in [9.17, 15) is 4.79 Å². The summed E-state index contributed by atoms with van der Waals surface area (Å²) in [6.45, 7) is 4.62. The third-order valence-corrected chi connectivity index (χ3v) is 5.56. The summed E-state index contributed by atoms with van der Waals surface area (Å²) in [5.41, 5.74) is 1.69. The second kappa shape index (κ2) is 9.64. The van der Waals surface area contributed by atoms with Gasteiger partial charge in [0.25, 0.3) is 0 Å². The number of piperidine rings is 1. The number of likely N-dealkylation sites (tertiary alicyclic amines) is 1. The number of benzene rings is 1. The highest BCUT2D eigenvalue weighted by Crippen LogP contribution is 2.38. The maximum Gasteiger partial charge on any atom is 0.312 e. The molecule has 1 aliphatic rings. The first kappa shape index (κ1) is 20.3. The van der Waals surface area contributed by atoms with Crippen molar-refractivity contribution in [3.63, 3.8) is 0 Å². The van der Waals surface area contributed by atoms with E-state index in [1.807, 2.05) is 25.1 Å². The number of ether oxygens (including phenoxy) is 2. The zero-order valence-electron chi connectivity index (χ0n) is 16.8. The Labute approximate surface area is 166 Å². The van der Waals surface area contributed by atoms with E-state index in [2.05, 4.69) is 27.0 Å². The number of esters is 1. The van der Waals surface area contributed by atoms with Gasteiger partial charge < -0.3 is 9.47 Å². The Morgan fingerprint density at radius 3 is 2.54 bits per heavy atom. The highest BCUT2D eigenvalue weighted by atomic mass is 16.5. The van der Waals surface area contributed by atoms with Gasteiger partial charge in [0.1, 0.15) is 5.69 Å². The van der Waals surface area contributed by atoms with Crippen LogP contribution in [0, 0.1) is 5.41 Å². The Balaban J connectivity index is 1.65. The number of hydrogen-bond donors (Lipinski definition) is 0. The molecule has 0 N–H and O–H groups in total. The smallest absolute Gasteiger partial charge is 0.312 e.